The molecule has 1 aliphatic heterocycles. The fourth-order valence-electron chi connectivity index (χ4n) is 15.6. The van der Waals surface area contributed by atoms with Gasteiger partial charge in [-0.1, -0.05) is 165 Å². The first-order chi connectivity index (χ1) is 67.6. The van der Waals surface area contributed by atoms with Gasteiger partial charge in [-0.15, -0.1) is 11.8 Å². The normalized spacial score (nSPS) is 22.9. The van der Waals surface area contributed by atoms with Crippen LogP contribution in [0.4, 0.5) is 0 Å². The molecule has 2 heterocycles. The van der Waals surface area contributed by atoms with Crippen LogP contribution >= 0.6 is 34.4 Å². The van der Waals surface area contributed by atoms with Crippen LogP contribution in [-0.4, -0.2) is 266 Å². The molecule has 0 saturated carbocycles. The van der Waals surface area contributed by atoms with E-state index >= 15 is 33.6 Å². The smallest absolute Gasteiger partial charge is 0.305 e. The maximum absolute atomic E-state index is 15.5. The molecule has 1 aromatic heterocycles. The van der Waals surface area contributed by atoms with E-state index in [9.17, 15) is 63.3 Å². The van der Waals surface area contributed by atoms with Crippen molar-refractivity contribution in [2.75, 3.05) is 31.6 Å². The quantitative estimate of drug-likeness (QED) is 0.0128. The van der Waals surface area contributed by atoms with E-state index in [1.54, 1.807) is 127 Å². The summed E-state index contributed by atoms with van der Waals surface area (Å²) in [6.45, 7) is 16.9. The number of guanidine groups is 2. The van der Waals surface area contributed by atoms with Gasteiger partial charge in [0.15, 0.2) is 11.9 Å². The lowest BCUT2D eigenvalue weighted by Gasteiger charge is -2.32. The van der Waals surface area contributed by atoms with Crippen molar-refractivity contribution >= 4 is 158 Å². The molecule has 28 N–H and O–H groups in total. The summed E-state index contributed by atoms with van der Waals surface area (Å²) in [7, 11) is 1.27. The number of phenolic OH excluding ortho intramolecular Hbond substituents is 1. The maximum atomic E-state index is 15.5. The van der Waals surface area contributed by atoms with E-state index in [2.05, 4.69) is 90.1 Å². The molecule has 776 valence electrons. The highest BCUT2D eigenvalue weighted by atomic mass is 127. The Morgan fingerprint density at radius 3 is 1.42 bits per heavy atom. The van der Waals surface area contributed by atoms with Crippen molar-refractivity contribution in [3.05, 3.63) is 159 Å². The topological polar surface area (TPSA) is 688 Å². The number of aromatic nitrogens is 1. The molecule has 45 heteroatoms. The number of carboxylic acid groups (broad SMARTS) is 1. The molecule has 143 heavy (non-hydrogen) atoms. The van der Waals surface area contributed by atoms with Crippen molar-refractivity contribution in [3.8, 4) is 16.9 Å². The number of thioether (sulfide) groups is 1. The minimum atomic E-state index is -2.09. The standard InChI is InChI=1S/C98H136IN23O20S/c1-50(2)39-68-85(131)110-66(29-21-37-105-97(101)102)84(130)113-69(40-51(3)4)90(136)120-80(53(7)8)94(140)121-81(56(11)123)95(141)118-75(92(138)108-54(9)82(100)128)48-143-49-77(125)109-70(42-57-23-15-13-16-24-57)86(132)114-72(44-59-33-36-76(124)64(99)41-59)88(134)116-74(46-78(126)127)89(135)115-73(45-62-47-107-65-28-20-19-27-63(62)65)91(137)119-79(52(5)6)93(139)117-71(43-58-31-34-61(35-32-58)60-25-17-14-18-26-60)87(133)111-67(30-22-38-106-98(103)104)96(142)122(12)55(10)83(129)112-68/h13-20,23-28,31-36,41,47,50-56,66-75,79-81,107,123-124H,21-22,29-30,37-40,42-46,48-49H2,1-12H3,(H2,100,128)(H,108,138)(H,109,125)(H,110,131)(H,111,133)(H,112,129)(H,113,130)(H,114,132)(H,115,135)(H,116,134)(H,117,139)(H,118,141)(H,119,137)(H,120,136)(H,121,140)(H,126,127)(H4,101,102,105)(H4,103,104,106)/t54-,55-,56+,66-,67-,68+,69-,70-,71-,72-,73-,74-,75-,79-,80-,81-/m0/s1. The fraction of sp³-hybridized carbons (Fsp3) is 0.480. The number of H-pyrrole nitrogens is 1. The summed E-state index contributed by atoms with van der Waals surface area (Å²) in [5.41, 5.74) is 20.7. The third-order valence-electron chi connectivity index (χ3n) is 23.6. The van der Waals surface area contributed by atoms with Gasteiger partial charge in [-0.2, -0.15) is 0 Å². The number of hydrogen-bond donors (Lipinski definition) is 25. The Hall–Kier alpha value is -14.0. The van der Waals surface area contributed by atoms with Gasteiger partial charge in [-0.05, 0) is 157 Å². The number of primary amides is 1. The average molecular weight is 2120 g/mol. The highest BCUT2D eigenvalue weighted by Crippen LogP contribution is 2.26. The number of fused-ring (bicyclic) bond motifs is 1. The highest BCUT2D eigenvalue weighted by molar-refractivity contribution is 14.1. The zero-order chi connectivity index (χ0) is 106. The highest BCUT2D eigenvalue weighted by Gasteiger charge is 2.42. The number of para-hydroxylation sites is 1. The van der Waals surface area contributed by atoms with Crippen molar-refractivity contribution in [2.24, 2.45) is 40.9 Å². The van der Waals surface area contributed by atoms with Crippen molar-refractivity contribution in [1.29, 1.82) is 10.8 Å². The van der Waals surface area contributed by atoms with Crippen molar-refractivity contribution < 1.29 is 96.8 Å². The van der Waals surface area contributed by atoms with Gasteiger partial charge in [0.25, 0.3) is 0 Å². The summed E-state index contributed by atoms with van der Waals surface area (Å²) in [4.78, 5) is 255. The van der Waals surface area contributed by atoms with E-state index in [4.69, 9.17) is 28.0 Å². The Morgan fingerprint density at radius 1 is 0.476 bits per heavy atom. The van der Waals surface area contributed by atoms with Crippen LogP contribution in [0.15, 0.2) is 134 Å². The number of likely N-dealkylation sites (N-methyl/N-ethyl adjacent to an activating group) is 1. The van der Waals surface area contributed by atoms with Crippen LogP contribution in [0, 0.1) is 38.1 Å². The Labute approximate surface area is 847 Å². The summed E-state index contributed by atoms with van der Waals surface area (Å²) in [5, 5.41) is 90.9. The fourth-order valence-corrected chi connectivity index (χ4v) is 17.0. The van der Waals surface area contributed by atoms with E-state index in [1.807, 2.05) is 52.9 Å². The molecule has 0 radical (unpaired) electrons. The third-order valence-corrected chi connectivity index (χ3v) is 25.5. The molecule has 5 aromatic carbocycles. The number of aliphatic hydroxyl groups excluding tert-OH is 1. The van der Waals surface area contributed by atoms with Crippen molar-refractivity contribution in [3.63, 3.8) is 0 Å². The lowest BCUT2D eigenvalue weighted by molar-refractivity contribution is -0.143. The largest absolute Gasteiger partial charge is 0.507 e. The van der Waals surface area contributed by atoms with Crippen molar-refractivity contribution in [1.82, 2.24) is 95.0 Å². The van der Waals surface area contributed by atoms with Crippen LogP contribution in [-0.2, 0) is 107 Å². The number of phenols is 1. The third kappa shape index (κ3) is 37.4. The number of nitrogens with zero attached hydrogens (tertiary/aromatic N) is 1. The molecule has 6 aromatic rings. The number of halogens is 1. The number of aliphatic hydroxyl groups is 1. The number of carboxylic acids is 1. The molecule has 0 spiro atoms. The van der Waals surface area contributed by atoms with Gasteiger partial charge < -0.3 is 127 Å². The summed E-state index contributed by atoms with van der Waals surface area (Å²) >= 11 is 2.53. The van der Waals surface area contributed by atoms with E-state index in [-0.39, 0.29) is 92.0 Å². The number of rotatable bonds is 29. The SMILES string of the molecule is CC(C)C[C@@H]1NC(=O)[C@H](CCCNC(=N)N)NC(=O)[C@@H](CC(C)C)NC(=O)[C@H](C)N(C)C(=O)[C@H](CCCNC(=N)N)NC(=O)[C@H](Cc2ccc(-c3ccccc3)cc2)NC(=O)[C@H](C(C)C)NC(=O)[C@H](Cc2c[nH]c3ccccc23)NC(=O)[C@H](CC(=O)O)NC(=O)[C@H](Cc2ccc(O)c(I)c2)NC(=O)[C@H](Cc2ccccc2)NC(=O)CSC[C@@H](C(=O)N[C@@H](C)C(N)=O)NC(=O)[C@H]([C@@H](C)O)NC(=O)[C@H](C(C)C)NC1=O. The second-order valence-corrected chi connectivity index (χ2v) is 39.2. The monoisotopic (exact) mass is 2110 g/mol. The molecule has 7 rings (SSSR count). The van der Waals surface area contributed by atoms with Crippen molar-refractivity contribution in [2.45, 2.75) is 244 Å². The lowest BCUT2D eigenvalue weighted by atomic mass is 9.98. The van der Waals surface area contributed by atoms with Crippen LogP contribution in [0.1, 0.15) is 143 Å². The lowest BCUT2D eigenvalue weighted by Crippen LogP contribution is -2.62. The Bertz CT molecular complexity index is 5460. The van der Waals surface area contributed by atoms with Gasteiger partial charge in [-0.3, -0.25) is 92.3 Å². The number of hydrogen-bond acceptors (Lipinski definition) is 22. The number of aliphatic carboxylic acids is 1. The van der Waals surface area contributed by atoms with E-state index < -0.39 is 245 Å². The first kappa shape index (κ1) is 116. The molecular weight excluding hydrogens is 1980 g/mol. The predicted molar refractivity (Wildman–Crippen MR) is 545 cm³/mol. The minimum Gasteiger partial charge on any atom is -0.507 e. The van der Waals surface area contributed by atoms with E-state index in [0.717, 1.165) is 23.0 Å². The number of carbonyl (C=O) groups excluding carboxylic acids is 16. The Kier molecular flexibility index (Phi) is 45.9. The number of aromatic amines is 1. The van der Waals surface area contributed by atoms with E-state index in [0.29, 0.717) is 44.9 Å². The van der Waals surface area contributed by atoms with Crippen LogP contribution in [0.5, 0.6) is 5.75 Å². The molecule has 16 amide bonds. The Balaban J connectivity index is 1.36. The van der Waals surface area contributed by atoms with Gasteiger partial charge in [0.1, 0.15) is 96.4 Å². The molecule has 1 aliphatic rings. The first-order valence-corrected chi connectivity index (χ1v) is 49.5. The Morgan fingerprint density at radius 2 is 0.888 bits per heavy atom. The second kappa shape index (κ2) is 56.6. The van der Waals surface area contributed by atoms with E-state index in [1.165, 1.54) is 52.9 Å². The number of aromatic hydroxyl groups is 1. The number of nitrogens with two attached hydrogens (primary N) is 3. The van der Waals surface area contributed by atoms with Gasteiger partial charge >= 0.3 is 5.97 Å². The molecule has 0 bridgehead atoms. The number of amides is 16. The molecule has 43 nitrogen and oxygen atoms in total. The zero-order valence-corrected chi connectivity index (χ0v) is 85.1. The summed E-state index contributed by atoms with van der Waals surface area (Å²) in [5.74, 6) is -22.4. The second-order valence-electron chi connectivity index (χ2n) is 37.0. The molecule has 1 fully saturated rings. The van der Waals surface area contributed by atoms with Crippen LogP contribution in [0.2, 0.25) is 0 Å². The van der Waals surface area contributed by atoms with Gasteiger partial charge in [0.05, 0.1) is 21.8 Å². The van der Waals surface area contributed by atoms with Crippen LogP contribution < -0.4 is 102 Å². The number of benzene rings is 5. The predicted octanol–water partition coefficient (Wildman–Crippen LogP) is 0.0880. The molecular formula is C98H136IN23O20S. The van der Waals surface area contributed by atoms with Gasteiger partial charge in [0.2, 0.25) is 94.5 Å². The zero-order valence-electron chi connectivity index (χ0n) is 82.1. The molecule has 0 unspecified atom stereocenters. The first-order valence-electron chi connectivity index (χ1n) is 47.2. The molecule has 16 atom stereocenters. The van der Waals surface area contributed by atoms with Crippen LogP contribution in [0.3, 0.4) is 0 Å². The number of nitrogens with one attached hydrogen (secondary N) is 19. The molecule has 0 aliphatic carbocycles. The maximum Gasteiger partial charge on any atom is 0.305 e. The molecule has 1 saturated heterocycles. The van der Waals surface area contributed by atoms with Crippen LogP contribution in [0.25, 0.3) is 22.0 Å². The minimum absolute atomic E-state index is 0.00494. The number of carbonyl (C=O) groups is 17. The van der Waals surface area contributed by atoms with Gasteiger partial charge in [0, 0.05) is 68.7 Å². The summed E-state index contributed by atoms with van der Waals surface area (Å²) < 4.78 is 0.286. The van der Waals surface area contributed by atoms with Gasteiger partial charge in [-0.25, -0.2) is 0 Å². The summed E-state index contributed by atoms with van der Waals surface area (Å²) in [6.07, 6.45) is -3.20. The summed E-state index contributed by atoms with van der Waals surface area (Å²) in [6, 6.07) is 11.2. The average Bonchev–Trinajstić information content (AvgIpc) is 1.70.